The molecule has 100 valence electrons. The van der Waals surface area contributed by atoms with Gasteiger partial charge in [-0.2, -0.15) is 0 Å². The standard InChI is InChI=1S/C12H15BrF2N2O/c1-3-7(2)17-12(18)6-16-11-4-8(13)9(14)5-10(11)15/h4-5,7,16H,3,6H2,1-2H3,(H,17,18). The van der Waals surface area contributed by atoms with Crippen molar-refractivity contribution in [1.29, 1.82) is 0 Å². The van der Waals surface area contributed by atoms with Gasteiger partial charge in [-0.15, -0.1) is 0 Å². The maximum atomic E-state index is 13.4. The molecule has 0 bridgehead atoms. The molecule has 3 nitrogen and oxygen atoms in total. The summed E-state index contributed by atoms with van der Waals surface area (Å²) in [5.41, 5.74) is 0.0857. The fourth-order valence-corrected chi connectivity index (χ4v) is 1.60. The van der Waals surface area contributed by atoms with Crippen molar-refractivity contribution in [3.8, 4) is 0 Å². The number of amides is 1. The molecule has 1 aromatic rings. The molecule has 1 unspecified atom stereocenters. The van der Waals surface area contributed by atoms with Crippen molar-refractivity contribution < 1.29 is 13.6 Å². The normalized spacial score (nSPS) is 12.1. The summed E-state index contributed by atoms with van der Waals surface area (Å²) in [6, 6.07) is 2.10. The van der Waals surface area contributed by atoms with E-state index in [9.17, 15) is 13.6 Å². The average Bonchev–Trinajstić information content (AvgIpc) is 2.32. The summed E-state index contributed by atoms with van der Waals surface area (Å²) in [7, 11) is 0. The van der Waals surface area contributed by atoms with E-state index in [2.05, 4.69) is 26.6 Å². The first-order valence-corrected chi connectivity index (χ1v) is 6.41. The summed E-state index contributed by atoms with van der Waals surface area (Å²) < 4.78 is 26.5. The fraction of sp³-hybridized carbons (Fsp3) is 0.417. The monoisotopic (exact) mass is 320 g/mol. The Morgan fingerprint density at radius 3 is 2.67 bits per heavy atom. The average molecular weight is 321 g/mol. The minimum atomic E-state index is -0.730. The lowest BCUT2D eigenvalue weighted by molar-refractivity contribution is -0.120. The van der Waals surface area contributed by atoms with Crippen LogP contribution in [0.1, 0.15) is 20.3 Å². The molecular weight excluding hydrogens is 306 g/mol. The summed E-state index contributed by atoms with van der Waals surface area (Å²) >= 11 is 2.96. The van der Waals surface area contributed by atoms with Gasteiger partial charge in [0.1, 0.15) is 11.6 Å². The van der Waals surface area contributed by atoms with E-state index in [1.165, 1.54) is 6.07 Å². The predicted octanol–water partition coefficient (Wildman–Crippen LogP) is 3.05. The van der Waals surface area contributed by atoms with Gasteiger partial charge in [0.05, 0.1) is 16.7 Å². The van der Waals surface area contributed by atoms with Crippen LogP contribution < -0.4 is 10.6 Å². The van der Waals surface area contributed by atoms with Crippen molar-refractivity contribution in [3.05, 3.63) is 28.2 Å². The topological polar surface area (TPSA) is 41.1 Å². The zero-order valence-electron chi connectivity index (χ0n) is 10.2. The van der Waals surface area contributed by atoms with Crippen LogP contribution in [0.15, 0.2) is 16.6 Å². The number of benzene rings is 1. The summed E-state index contributed by atoms with van der Waals surface area (Å²) in [5.74, 6) is -1.64. The molecule has 2 N–H and O–H groups in total. The van der Waals surface area contributed by atoms with Crippen LogP contribution in [0.25, 0.3) is 0 Å². The van der Waals surface area contributed by atoms with E-state index in [0.29, 0.717) is 0 Å². The van der Waals surface area contributed by atoms with Gasteiger partial charge >= 0.3 is 0 Å². The Hall–Kier alpha value is -1.17. The van der Waals surface area contributed by atoms with E-state index in [1.54, 1.807) is 0 Å². The SMILES string of the molecule is CCC(C)NC(=O)CNc1cc(Br)c(F)cc1F. The van der Waals surface area contributed by atoms with E-state index in [0.717, 1.165) is 12.5 Å². The second-order valence-electron chi connectivity index (χ2n) is 3.98. The Kier molecular flexibility index (Phi) is 5.53. The van der Waals surface area contributed by atoms with Crippen molar-refractivity contribution in [2.75, 3.05) is 11.9 Å². The zero-order chi connectivity index (χ0) is 13.7. The molecule has 1 amide bonds. The Labute approximate surface area is 113 Å². The molecule has 0 saturated heterocycles. The largest absolute Gasteiger partial charge is 0.374 e. The minimum Gasteiger partial charge on any atom is -0.374 e. The number of carbonyl (C=O) groups is 1. The molecule has 0 fully saturated rings. The Morgan fingerprint density at radius 2 is 2.06 bits per heavy atom. The highest BCUT2D eigenvalue weighted by molar-refractivity contribution is 9.10. The third-order valence-electron chi connectivity index (χ3n) is 2.47. The lowest BCUT2D eigenvalue weighted by Crippen LogP contribution is -2.36. The predicted molar refractivity (Wildman–Crippen MR) is 70.4 cm³/mol. The molecule has 0 radical (unpaired) electrons. The molecule has 1 aromatic carbocycles. The van der Waals surface area contributed by atoms with Crippen LogP contribution >= 0.6 is 15.9 Å². The van der Waals surface area contributed by atoms with Crippen LogP contribution in [-0.2, 0) is 4.79 Å². The maximum absolute atomic E-state index is 13.4. The highest BCUT2D eigenvalue weighted by Gasteiger charge is 2.10. The number of hydrogen-bond donors (Lipinski definition) is 2. The van der Waals surface area contributed by atoms with Gasteiger partial charge in [0.25, 0.3) is 0 Å². The first-order chi connectivity index (χ1) is 8.43. The number of carbonyl (C=O) groups excluding carboxylic acids is 1. The molecule has 0 aliphatic rings. The van der Waals surface area contributed by atoms with Crippen molar-refractivity contribution >= 4 is 27.5 Å². The highest BCUT2D eigenvalue weighted by atomic mass is 79.9. The van der Waals surface area contributed by atoms with E-state index >= 15 is 0 Å². The third-order valence-corrected chi connectivity index (χ3v) is 3.08. The third kappa shape index (κ3) is 4.25. The number of anilines is 1. The highest BCUT2D eigenvalue weighted by Crippen LogP contribution is 2.23. The minimum absolute atomic E-state index is 0.0562. The van der Waals surface area contributed by atoms with Crippen molar-refractivity contribution in [1.82, 2.24) is 5.32 Å². The van der Waals surface area contributed by atoms with Crippen molar-refractivity contribution in [2.24, 2.45) is 0 Å². The van der Waals surface area contributed by atoms with Crippen molar-refractivity contribution in [2.45, 2.75) is 26.3 Å². The first kappa shape index (κ1) is 14.9. The summed E-state index contributed by atoms with van der Waals surface area (Å²) in [6.07, 6.45) is 0.822. The summed E-state index contributed by atoms with van der Waals surface area (Å²) in [5, 5.41) is 5.36. The quantitative estimate of drug-likeness (QED) is 0.819. The number of hydrogen-bond acceptors (Lipinski definition) is 2. The smallest absolute Gasteiger partial charge is 0.239 e. The summed E-state index contributed by atoms with van der Waals surface area (Å²) in [4.78, 5) is 11.5. The van der Waals surface area contributed by atoms with Gasteiger partial charge in [-0.05, 0) is 35.3 Å². The Bertz CT molecular complexity index is 440. The van der Waals surface area contributed by atoms with Crippen LogP contribution in [0.3, 0.4) is 0 Å². The maximum Gasteiger partial charge on any atom is 0.239 e. The Morgan fingerprint density at radius 1 is 1.39 bits per heavy atom. The number of nitrogens with one attached hydrogen (secondary N) is 2. The van der Waals surface area contributed by atoms with Crippen LogP contribution in [0.5, 0.6) is 0 Å². The van der Waals surface area contributed by atoms with E-state index < -0.39 is 11.6 Å². The molecule has 0 saturated carbocycles. The molecule has 6 heteroatoms. The van der Waals surface area contributed by atoms with Crippen LogP contribution in [-0.4, -0.2) is 18.5 Å². The molecule has 0 aliphatic heterocycles. The van der Waals surface area contributed by atoms with Gasteiger partial charge < -0.3 is 10.6 Å². The van der Waals surface area contributed by atoms with Crippen LogP contribution in [0.2, 0.25) is 0 Å². The van der Waals surface area contributed by atoms with Gasteiger partial charge in [0.2, 0.25) is 5.91 Å². The lowest BCUT2D eigenvalue weighted by atomic mass is 10.2. The van der Waals surface area contributed by atoms with Crippen LogP contribution in [0.4, 0.5) is 14.5 Å². The fourth-order valence-electron chi connectivity index (χ4n) is 1.26. The molecule has 0 aromatic heterocycles. The second kappa shape index (κ2) is 6.68. The number of rotatable bonds is 5. The molecular formula is C12H15BrF2N2O. The molecule has 1 rings (SSSR count). The van der Waals surface area contributed by atoms with Gasteiger partial charge in [-0.1, -0.05) is 6.92 Å². The molecule has 0 aliphatic carbocycles. The van der Waals surface area contributed by atoms with Crippen LogP contribution in [0, 0.1) is 11.6 Å². The summed E-state index contributed by atoms with van der Waals surface area (Å²) in [6.45, 7) is 3.78. The molecule has 1 atom stereocenters. The Balaban J connectivity index is 2.58. The first-order valence-electron chi connectivity index (χ1n) is 5.61. The van der Waals surface area contributed by atoms with E-state index in [-0.39, 0.29) is 28.7 Å². The van der Waals surface area contributed by atoms with Gasteiger partial charge in [-0.3, -0.25) is 4.79 Å². The van der Waals surface area contributed by atoms with Gasteiger partial charge in [-0.25, -0.2) is 8.78 Å². The molecule has 0 heterocycles. The molecule has 0 spiro atoms. The van der Waals surface area contributed by atoms with E-state index in [4.69, 9.17) is 0 Å². The zero-order valence-corrected chi connectivity index (χ0v) is 11.8. The number of halogens is 3. The van der Waals surface area contributed by atoms with E-state index in [1.807, 2.05) is 13.8 Å². The van der Waals surface area contributed by atoms with Crippen molar-refractivity contribution in [3.63, 3.8) is 0 Å². The second-order valence-corrected chi connectivity index (χ2v) is 4.83. The van der Waals surface area contributed by atoms with Gasteiger partial charge in [0.15, 0.2) is 0 Å². The molecule has 18 heavy (non-hydrogen) atoms. The van der Waals surface area contributed by atoms with Gasteiger partial charge in [0, 0.05) is 12.1 Å². The lowest BCUT2D eigenvalue weighted by Gasteiger charge is -2.13.